The molecule has 4 rings (SSSR count). The topological polar surface area (TPSA) is 56.5 Å². The Morgan fingerprint density at radius 2 is 1.79 bits per heavy atom. The summed E-state index contributed by atoms with van der Waals surface area (Å²) in [6.07, 6.45) is 2.17. The van der Waals surface area contributed by atoms with Gasteiger partial charge in [-0.1, -0.05) is 52.1 Å². The van der Waals surface area contributed by atoms with Crippen LogP contribution in [0.4, 0.5) is 0 Å². The molecule has 34 heavy (non-hydrogen) atoms. The number of halogens is 5. The standard InChI is InChI=1S/C24H16Br3Cl2N3O2/c1-2-22-31-21-6-4-15(25)9-17(21)24(33)32(22)30-11-13-7-18(26)23(19(27)8-13)34-12-14-3-5-16(28)10-20(14)29/h3-11H,2,12H2,1H3. The van der Waals surface area contributed by atoms with Crippen LogP contribution in [-0.2, 0) is 13.0 Å². The summed E-state index contributed by atoms with van der Waals surface area (Å²) in [6, 6.07) is 14.4. The maximum atomic E-state index is 13.1. The fraction of sp³-hybridized carbons (Fsp3) is 0.125. The van der Waals surface area contributed by atoms with Gasteiger partial charge in [-0.25, -0.2) is 4.98 Å². The quantitative estimate of drug-likeness (QED) is 0.193. The normalized spacial score (nSPS) is 11.5. The summed E-state index contributed by atoms with van der Waals surface area (Å²) in [7, 11) is 0. The highest BCUT2D eigenvalue weighted by Crippen LogP contribution is 2.35. The zero-order chi connectivity index (χ0) is 24.4. The zero-order valence-electron chi connectivity index (χ0n) is 17.7. The average molecular weight is 689 g/mol. The zero-order valence-corrected chi connectivity index (χ0v) is 23.9. The van der Waals surface area contributed by atoms with Crippen molar-refractivity contribution in [3.05, 3.63) is 99.3 Å². The number of benzene rings is 3. The van der Waals surface area contributed by atoms with Gasteiger partial charge in [0.2, 0.25) is 0 Å². The largest absolute Gasteiger partial charge is 0.486 e. The van der Waals surface area contributed by atoms with Gasteiger partial charge in [0.05, 0.1) is 26.1 Å². The lowest BCUT2D eigenvalue weighted by Gasteiger charge is -2.12. The Kier molecular flexibility index (Phi) is 8.15. The van der Waals surface area contributed by atoms with Crippen molar-refractivity contribution in [1.29, 1.82) is 0 Å². The summed E-state index contributed by atoms with van der Waals surface area (Å²) >= 11 is 22.7. The monoisotopic (exact) mass is 685 g/mol. The smallest absolute Gasteiger partial charge is 0.282 e. The molecular weight excluding hydrogens is 673 g/mol. The van der Waals surface area contributed by atoms with Crippen molar-refractivity contribution in [3.8, 4) is 5.75 Å². The van der Waals surface area contributed by atoms with Crippen LogP contribution in [-0.4, -0.2) is 15.9 Å². The van der Waals surface area contributed by atoms with Crippen molar-refractivity contribution >= 4 is 88.1 Å². The van der Waals surface area contributed by atoms with Crippen molar-refractivity contribution in [2.75, 3.05) is 0 Å². The average Bonchev–Trinajstić information content (AvgIpc) is 2.79. The Morgan fingerprint density at radius 3 is 2.47 bits per heavy atom. The fourth-order valence-corrected chi connectivity index (χ4v) is 5.52. The van der Waals surface area contributed by atoms with Crippen LogP contribution in [0.1, 0.15) is 23.9 Å². The van der Waals surface area contributed by atoms with Gasteiger partial charge in [-0.2, -0.15) is 9.78 Å². The van der Waals surface area contributed by atoms with Crippen LogP contribution in [0.3, 0.4) is 0 Å². The Hall–Kier alpha value is -1.71. The maximum Gasteiger partial charge on any atom is 0.282 e. The van der Waals surface area contributed by atoms with Gasteiger partial charge in [0.25, 0.3) is 5.56 Å². The fourth-order valence-electron chi connectivity index (χ4n) is 3.25. The highest BCUT2D eigenvalue weighted by molar-refractivity contribution is 9.11. The second-order valence-electron chi connectivity index (χ2n) is 7.24. The van der Waals surface area contributed by atoms with E-state index in [1.807, 2.05) is 37.3 Å². The molecule has 0 N–H and O–H groups in total. The van der Waals surface area contributed by atoms with Crippen LogP contribution in [0, 0.1) is 0 Å². The minimum atomic E-state index is -0.225. The van der Waals surface area contributed by atoms with Crippen molar-refractivity contribution < 1.29 is 4.74 Å². The lowest BCUT2D eigenvalue weighted by molar-refractivity contribution is 0.302. The molecule has 0 saturated carbocycles. The first-order valence-electron chi connectivity index (χ1n) is 10.1. The van der Waals surface area contributed by atoms with E-state index in [-0.39, 0.29) is 12.2 Å². The number of hydrogen-bond donors (Lipinski definition) is 0. The molecule has 3 aromatic carbocycles. The Bertz CT molecular complexity index is 1470. The third kappa shape index (κ3) is 5.57. The summed E-state index contributed by atoms with van der Waals surface area (Å²) in [5, 5.41) is 6.04. The summed E-state index contributed by atoms with van der Waals surface area (Å²) in [6.45, 7) is 2.21. The number of hydrogen-bond acceptors (Lipinski definition) is 4. The van der Waals surface area contributed by atoms with E-state index in [1.165, 1.54) is 4.68 Å². The molecule has 174 valence electrons. The minimum absolute atomic E-state index is 0.225. The van der Waals surface area contributed by atoms with Crippen LogP contribution < -0.4 is 10.3 Å². The van der Waals surface area contributed by atoms with Crippen LogP contribution in [0.15, 0.2) is 71.8 Å². The lowest BCUT2D eigenvalue weighted by Crippen LogP contribution is -2.22. The van der Waals surface area contributed by atoms with Crippen LogP contribution in [0.2, 0.25) is 10.0 Å². The first-order chi connectivity index (χ1) is 16.3. The molecule has 5 nitrogen and oxygen atoms in total. The Morgan fingerprint density at radius 1 is 1.06 bits per heavy atom. The molecule has 1 aromatic heterocycles. The molecule has 0 aliphatic heterocycles. The molecule has 0 radical (unpaired) electrons. The van der Waals surface area contributed by atoms with Gasteiger partial charge in [-0.3, -0.25) is 4.79 Å². The molecule has 0 atom stereocenters. The molecule has 0 aliphatic carbocycles. The third-order valence-electron chi connectivity index (χ3n) is 4.92. The van der Waals surface area contributed by atoms with E-state index >= 15 is 0 Å². The van der Waals surface area contributed by atoms with Gasteiger partial charge in [-0.05, 0) is 79.9 Å². The highest BCUT2D eigenvalue weighted by atomic mass is 79.9. The molecule has 4 aromatic rings. The van der Waals surface area contributed by atoms with E-state index in [1.54, 1.807) is 24.4 Å². The van der Waals surface area contributed by atoms with Gasteiger partial charge in [0, 0.05) is 26.5 Å². The van der Waals surface area contributed by atoms with Crippen molar-refractivity contribution in [1.82, 2.24) is 9.66 Å². The molecule has 0 spiro atoms. The van der Waals surface area contributed by atoms with E-state index in [0.29, 0.717) is 38.9 Å². The van der Waals surface area contributed by atoms with Crippen LogP contribution in [0.5, 0.6) is 5.75 Å². The lowest BCUT2D eigenvalue weighted by atomic mass is 10.2. The number of nitrogens with zero attached hydrogens (tertiary/aromatic N) is 3. The summed E-state index contributed by atoms with van der Waals surface area (Å²) in [5.41, 5.74) is 2.00. The Balaban J connectivity index is 1.62. The second-order valence-corrected chi connectivity index (χ2v) is 10.7. The predicted molar refractivity (Wildman–Crippen MR) is 149 cm³/mol. The van der Waals surface area contributed by atoms with Gasteiger partial charge in [0.15, 0.2) is 0 Å². The van der Waals surface area contributed by atoms with E-state index < -0.39 is 0 Å². The van der Waals surface area contributed by atoms with E-state index in [9.17, 15) is 4.79 Å². The first kappa shape index (κ1) is 25.4. The van der Waals surface area contributed by atoms with Gasteiger partial charge >= 0.3 is 0 Å². The maximum absolute atomic E-state index is 13.1. The summed E-state index contributed by atoms with van der Waals surface area (Å²) in [5.74, 6) is 1.20. The summed E-state index contributed by atoms with van der Waals surface area (Å²) < 4.78 is 9.55. The molecule has 0 amide bonds. The molecule has 1 heterocycles. The van der Waals surface area contributed by atoms with Gasteiger partial charge in [-0.15, -0.1) is 0 Å². The first-order valence-corrected chi connectivity index (χ1v) is 13.2. The minimum Gasteiger partial charge on any atom is -0.486 e. The van der Waals surface area contributed by atoms with Gasteiger partial charge in [0.1, 0.15) is 18.2 Å². The van der Waals surface area contributed by atoms with Crippen LogP contribution >= 0.6 is 71.0 Å². The summed E-state index contributed by atoms with van der Waals surface area (Å²) in [4.78, 5) is 17.7. The number of ether oxygens (including phenoxy) is 1. The van der Waals surface area contributed by atoms with Gasteiger partial charge < -0.3 is 4.74 Å². The van der Waals surface area contributed by atoms with Crippen molar-refractivity contribution in [2.45, 2.75) is 20.0 Å². The highest BCUT2D eigenvalue weighted by Gasteiger charge is 2.12. The number of fused-ring (bicyclic) bond motifs is 1. The SMILES string of the molecule is CCc1nc2ccc(Br)cc2c(=O)n1N=Cc1cc(Br)c(OCc2ccc(Cl)cc2Cl)c(Br)c1. The molecule has 0 aliphatic rings. The van der Waals surface area contributed by atoms with Crippen molar-refractivity contribution in [2.24, 2.45) is 5.10 Å². The van der Waals surface area contributed by atoms with Crippen molar-refractivity contribution in [3.63, 3.8) is 0 Å². The van der Waals surface area contributed by atoms with E-state index in [0.717, 1.165) is 24.5 Å². The molecule has 10 heteroatoms. The molecule has 0 unspecified atom stereocenters. The molecule has 0 bridgehead atoms. The molecule has 0 saturated heterocycles. The number of aromatic nitrogens is 2. The Labute approximate surface area is 231 Å². The number of rotatable bonds is 6. The molecular formula is C24H16Br3Cl2N3O2. The number of aryl methyl sites for hydroxylation is 1. The van der Waals surface area contributed by atoms with E-state index in [2.05, 4.69) is 57.9 Å². The third-order valence-corrected chi connectivity index (χ3v) is 7.18. The predicted octanol–water partition coefficient (Wildman–Crippen LogP) is 8.01. The molecule has 0 fully saturated rings. The van der Waals surface area contributed by atoms with E-state index in [4.69, 9.17) is 27.9 Å². The second kappa shape index (κ2) is 10.9. The van der Waals surface area contributed by atoms with Crippen LogP contribution in [0.25, 0.3) is 10.9 Å².